The molecule has 2 aromatic carbocycles. The van der Waals surface area contributed by atoms with Gasteiger partial charge in [0.15, 0.2) is 6.61 Å². The van der Waals surface area contributed by atoms with Crippen LogP contribution in [0.25, 0.3) is 0 Å². The molecule has 0 fully saturated rings. The summed E-state index contributed by atoms with van der Waals surface area (Å²) in [6, 6.07) is 14.2. The molecule has 0 amide bonds. The van der Waals surface area contributed by atoms with Gasteiger partial charge in [0, 0.05) is 0 Å². The number of carbonyl (C=O) groups excluding carboxylic acids is 1. The van der Waals surface area contributed by atoms with E-state index in [1.165, 1.54) is 11.6 Å². The first-order valence-corrected chi connectivity index (χ1v) is 6.73. The predicted octanol–water partition coefficient (Wildman–Crippen LogP) is 3.61. The van der Waals surface area contributed by atoms with Crippen LogP contribution in [-0.2, 0) is 6.42 Å². The van der Waals surface area contributed by atoms with Crippen LogP contribution in [0.2, 0.25) is 0 Å². The molecular formula is C17H18O3. The second kappa shape index (κ2) is 6.75. The van der Waals surface area contributed by atoms with Crippen molar-refractivity contribution in [3.63, 3.8) is 0 Å². The topological polar surface area (TPSA) is 46.5 Å². The van der Waals surface area contributed by atoms with Crippen LogP contribution in [0.1, 0.15) is 29.3 Å². The SMILES string of the molecule is CCCc1ccc(OCC(=O)c2ccccc2O)cc1. The smallest absolute Gasteiger partial charge is 0.203 e. The van der Waals surface area contributed by atoms with Gasteiger partial charge in [0.05, 0.1) is 5.56 Å². The maximum Gasteiger partial charge on any atom is 0.203 e. The third-order valence-corrected chi connectivity index (χ3v) is 3.04. The van der Waals surface area contributed by atoms with Crippen molar-refractivity contribution in [1.29, 1.82) is 0 Å². The second-order valence-corrected chi connectivity index (χ2v) is 4.62. The van der Waals surface area contributed by atoms with Crippen LogP contribution in [0, 0.1) is 0 Å². The lowest BCUT2D eigenvalue weighted by Crippen LogP contribution is -2.11. The average Bonchev–Trinajstić information content (AvgIpc) is 2.47. The van der Waals surface area contributed by atoms with Crippen LogP contribution in [-0.4, -0.2) is 17.5 Å². The number of benzene rings is 2. The van der Waals surface area contributed by atoms with Gasteiger partial charge in [-0.05, 0) is 36.2 Å². The number of hydrogen-bond acceptors (Lipinski definition) is 3. The number of hydrogen-bond donors (Lipinski definition) is 1. The summed E-state index contributed by atoms with van der Waals surface area (Å²) in [5.41, 5.74) is 1.54. The highest BCUT2D eigenvalue weighted by Gasteiger charge is 2.10. The van der Waals surface area contributed by atoms with Gasteiger partial charge in [-0.1, -0.05) is 37.6 Å². The van der Waals surface area contributed by atoms with Crippen LogP contribution >= 0.6 is 0 Å². The Morgan fingerprint density at radius 2 is 1.80 bits per heavy atom. The number of para-hydroxylation sites is 1. The first-order chi connectivity index (χ1) is 9.70. The van der Waals surface area contributed by atoms with Crippen molar-refractivity contribution in [3.05, 3.63) is 59.7 Å². The van der Waals surface area contributed by atoms with E-state index < -0.39 is 0 Å². The summed E-state index contributed by atoms with van der Waals surface area (Å²) >= 11 is 0. The van der Waals surface area contributed by atoms with E-state index in [1.54, 1.807) is 18.2 Å². The molecule has 2 rings (SSSR count). The molecule has 0 radical (unpaired) electrons. The number of phenolic OH excluding ortho intramolecular Hbond substituents is 1. The number of Topliss-reactive ketones (excluding diaryl/α,β-unsaturated/α-hetero) is 1. The quantitative estimate of drug-likeness (QED) is 0.816. The summed E-state index contributed by atoms with van der Waals surface area (Å²) in [5, 5.41) is 9.60. The molecule has 0 aromatic heterocycles. The first-order valence-electron chi connectivity index (χ1n) is 6.73. The van der Waals surface area contributed by atoms with Gasteiger partial charge < -0.3 is 9.84 Å². The summed E-state index contributed by atoms with van der Waals surface area (Å²) in [5.74, 6) is 0.411. The van der Waals surface area contributed by atoms with Gasteiger partial charge in [-0.15, -0.1) is 0 Å². The maximum atomic E-state index is 11.9. The zero-order chi connectivity index (χ0) is 14.4. The normalized spacial score (nSPS) is 10.2. The van der Waals surface area contributed by atoms with Crippen molar-refractivity contribution >= 4 is 5.78 Å². The Morgan fingerprint density at radius 1 is 1.10 bits per heavy atom. The van der Waals surface area contributed by atoms with E-state index in [1.807, 2.05) is 24.3 Å². The van der Waals surface area contributed by atoms with Crippen LogP contribution in [0.15, 0.2) is 48.5 Å². The van der Waals surface area contributed by atoms with Crippen molar-refractivity contribution in [2.24, 2.45) is 0 Å². The van der Waals surface area contributed by atoms with E-state index in [0.29, 0.717) is 5.75 Å². The molecule has 0 heterocycles. The van der Waals surface area contributed by atoms with Crippen LogP contribution in [0.5, 0.6) is 11.5 Å². The highest BCUT2D eigenvalue weighted by atomic mass is 16.5. The van der Waals surface area contributed by atoms with E-state index in [9.17, 15) is 9.90 Å². The molecule has 0 aliphatic carbocycles. The average molecular weight is 270 g/mol. The predicted molar refractivity (Wildman–Crippen MR) is 78.4 cm³/mol. The number of aryl methyl sites for hydroxylation is 1. The Kier molecular flexibility index (Phi) is 4.77. The monoisotopic (exact) mass is 270 g/mol. The number of aromatic hydroxyl groups is 1. The summed E-state index contributed by atoms with van der Waals surface area (Å²) in [6.07, 6.45) is 2.14. The molecule has 0 spiro atoms. The number of phenols is 1. The van der Waals surface area contributed by atoms with E-state index in [-0.39, 0.29) is 23.7 Å². The van der Waals surface area contributed by atoms with Crippen molar-refractivity contribution in [2.75, 3.05) is 6.61 Å². The summed E-state index contributed by atoms with van der Waals surface area (Å²) in [7, 11) is 0. The molecule has 1 N–H and O–H groups in total. The van der Waals surface area contributed by atoms with Gasteiger partial charge in [0.1, 0.15) is 11.5 Å². The Bertz CT molecular complexity index is 573. The van der Waals surface area contributed by atoms with E-state index in [4.69, 9.17) is 4.74 Å². The van der Waals surface area contributed by atoms with Crippen LogP contribution in [0.4, 0.5) is 0 Å². The fraction of sp³-hybridized carbons (Fsp3) is 0.235. The third-order valence-electron chi connectivity index (χ3n) is 3.04. The number of ketones is 1. The van der Waals surface area contributed by atoms with Gasteiger partial charge in [-0.3, -0.25) is 4.79 Å². The molecular weight excluding hydrogens is 252 g/mol. The minimum atomic E-state index is -0.235. The maximum absolute atomic E-state index is 11.9. The molecule has 0 atom stereocenters. The molecule has 3 heteroatoms. The summed E-state index contributed by atoms with van der Waals surface area (Å²) < 4.78 is 5.45. The lowest BCUT2D eigenvalue weighted by molar-refractivity contribution is 0.0919. The molecule has 0 aliphatic rings. The van der Waals surface area contributed by atoms with E-state index in [0.717, 1.165) is 12.8 Å². The largest absolute Gasteiger partial charge is 0.507 e. The zero-order valence-corrected chi connectivity index (χ0v) is 11.5. The number of carbonyl (C=O) groups is 1. The van der Waals surface area contributed by atoms with Crippen molar-refractivity contribution in [2.45, 2.75) is 19.8 Å². The lowest BCUT2D eigenvalue weighted by atomic mass is 10.1. The van der Waals surface area contributed by atoms with Gasteiger partial charge in [0.2, 0.25) is 5.78 Å². The first kappa shape index (κ1) is 14.1. The fourth-order valence-corrected chi connectivity index (χ4v) is 1.98. The number of ether oxygens (including phenoxy) is 1. The molecule has 0 saturated heterocycles. The number of rotatable bonds is 6. The molecule has 0 aliphatic heterocycles. The summed E-state index contributed by atoms with van der Waals surface area (Å²) in [4.78, 5) is 11.9. The van der Waals surface area contributed by atoms with Crippen LogP contribution < -0.4 is 4.74 Å². The molecule has 0 bridgehead atoms. The highest BCUT2D eigenvalue weighted by molar-refractivity contribution is 5.99. The third kappa shape index (κ3) is 3.60. The van der Waals surface area contributed by atoms with E-state index in [2.05, 4.69) is 6.92 Å². The van der Waals surface area contributed by atoms with Gasteiger partial charge in [0.25, 0.3) is 0 Å². The molecule has 3 nitrogen and oxygen atoms in total. The minimum absolute atomic E-state index is 0.0145. The molecule has 2 aromatic rings. The molecule has 0 unspecified atom stereocenters. The molecule has 0 saturated carbocycles. The standard InChI is InChI=1S/C17H18O3/c1-2-5-13-8-10-14(11-9-13)20-12-17(19)15-6-3-4-7-16(15)18/h3-4,6-11,18H,2,5,12H2,1H3. The Labute approximate surface area is 118 Å². The van der Waals surface area contributed by atoms with Gasteiger partial charge >= 0.3 is 0 Å². The van der Waals surface area contributed by atoms with Crippen molar-refractivity contribution in [3.8, 4) is 11.5 Å². The van der Waals surface area contributed by atoms with E-state index >= 15 is 0 Å². The lowest BCUT2D eigenvalue weighted by Gasteiger charge is -2.07. The zero-order valence-electron chi connectivity index (χ0n) is 11.5. The van der Waals surface area contributed by atoms with Crippen molar-refractivity contribution in [1.82, 2.24) is 0 Å². The Morgan fingerprint density at radius 3 is 2.45 bits per heavy atom. The Balaban J connectivity index is 1.95. The molecule has 104 valence electrons. The van der Waals surface area contributed by atoms with Crippen molar-refractivity contribution < 1.29 is 14.6 Å². The van der Waals surface area contributed by atoms with Gasteiger partial charge in [-0.2, -0.15) is 0 Å². The van der Waals surface area contributed by atoms with Gasteiger partial charge in [-0.25, -0.2) is 0 Å². The fourth-order valence-electron chi connectivity index (χ4n) is 1.98. The Hall–Kier alpha value is -2.29. The van der Waals surface area contributed by atoms with Crippen LogP contribution in [0.3, 0.4) is 0 Å². The summed E-state index contributed by atoms with van der Waals surface area (Å²) in [6.45, 7) is 2.06. The minimum Gasteiger partial charge on any atom is -0.507 e. The second-order valence-electron chi connectivity index (χ2n) is 4.62. The highest BCUT2D eigenvalue weighted by Crippen LogP contribution is 2.18. The molecule has 20 heavy (non-hydrogen) atoms.